The lowest BCUT2D eigenvalue weighted by molar-refractivity contribution is -0.142. The van der Waals surface area contributed by atoms with E-state index >= 15 is 0 Å². The number of piperazine rings is 2. The van der Waals surface area contributed by atoms with Gasteiger partial charge in [0.1, 0.15) is 13.1 Å². The molecule has 2 aromatic heterocycles. The Morgan fingerprint density at radius 3 is 1.41 bits per heavy atom. The van der Waals surface area contributed by atoms with Crippen LogP contribution in [-0.4, -0.2) is 99.4 Å². The molecule has 6 rings (SSSR count). The molecule has 13 nitrogen and oxygen atoms in total. The number of alkyl halides is 6. The molecule has 2 aromatic carbocycles. The second kappa shape index (κ2) is 18.4. The lowest BCUT2D eigenvalue weighted by Gasteiger charge is -2.36. The number of carbonyl (C=O) groups is 3. The molecule has 320 valence electrons. The van der Waals surface area contributed by atoms with E-state index in [1.165, 1.54) is 20.8 Å². The quantitative estimate of drug-likeness (QED) is 0.146. The summed E-state index contributed by atoms with van der Waals surface area (Å²) >= 11 is 23.5. The van der Waals surface area contributed by atoms with Gasteiger partial charge in [0.05, 0.1) is 42.9 Å². The number of halogens is 10. The summed E-state index contributed by atoms with van der Waals surface area (Å²) in [5, 5.41) is 9.53. The monoisotopic (exact) mass is 912 g/mol. The number of nitrogens with one attached hydrogen (secondary N) is 1. The standard InChI is InChI=1S/C19H20Cl2F3N5O2.C17H18Cl2F3N5O/c1-11-17(21)18(19(22,23)24)26-29(11)10-16(31)28-7-5-27(6-8-28)13-3-4-14(20)15(9-13)25-12(2)30;1-10-15(19)16(17(20,21)22)24-27(10)9-14(28)26-6-4-25(5-7-26)11-2-3-12(18)13(23)8-11/h3-4,9H,5-8,10H2,1-2H3,(H,25,30);2-3,8H,4-7,9,23H2,1H3. The van der Waals surface area contributed by atoms with Crippen LogP contribution in [0.4, 0.5) is 49.1 Å². The normalized spacial score (nSPS) is 14.9. The van der Waals surface area contributed by atoms with Gasteiger partial charge in [0.2, 0.25) is 17.7 Å². The van der Waals surface area contributed by atoms with Crippen molar-refractivity contribution in [3.63, 3.8) is 0 Å². The molecule has 0 radical (unpaired) electrons. The molecule has 0 bridgehead atoms. The first kappa shape index (κ1) is 45.5. The first-order valence-corrected chi connectivity index (χ1v) is 19.3. The lowest BCUT2D eigenvalue weighted by Crippen LogP contribution is -2.49. The van der Waals surface area contributed by atoms with Gasteiger partial charge in [-0.15, -0.1) is 0 Å². The highest BCUT2D eigenvalue weighted by Gasteiger charge is 2.40. The van der Waals surface area contributed by atoms with E-state index in [1.54, 1.807) is 34.1 Å². The average Bonchev–Trinajstić information content (AvgIpc) is 3.63. The van der Waals surface area contributed by atoms with E-state index in [9.17, 15) is 40.7 Å². The molecule has 0 spiro atoms. The number of rotatable bonds is 7. The van der Waals surface area contributed by atoms with Gasteiger partial charge >= 0.3 is 12.4 Å². The molecule has 0 aliphatic carbocycles. The van der Waals surface area contributed by atoms with E-state index in [0.29, 0.717) is 73.8 Å². The number of nitrogens with two attached hydrogens (primary N) is 1. The van der Waals surface area contributed by atoms with Crippen LogP contribution in [-0.2, 0) is 39.8 Å². The van der Waals surface area contributed by atoms with E-state index in [-0.39, 0.29) is 42.2 Å². The maximum absolute atomic E-state index is 13.0. The van der Waals surface area contributed by atoms with E-state index in [1.807, 2.05) is 17.0 Å². The minimum absolute atomic E-state index is 0.0904. The summed E-state index contributed by atoms with van der Waals surface area (Å²) in [5.74, 6) is -0.894. The molecule has 2 aliphatic rings. The van der Waals surface area contributed by atoms with Gasteiger partial charge in [0, 0.05) is 70.7 Å². The molecule has 0 saturated carbocycles. The van der Waals surface area contributed by atoms with Crippen molar-refractivity contribution in [2.75, 3.05) is 73.2 Å². The van der Waals surface area contributed by atoms with E-state index < -0.39 is 33.8 Å². The summed E-state index contributed by atoms with van der Waals surface area (Å²) in [7, 11) is 0. The van der Waals surface area contributed by atoms with Gasteiger partial charge in [-0.05, 0) is 50.2 Å². The number of hydrogen-bond donors (Lipinski definition) is 2. The summed E-state index contributed by atoms with van der Waals surface area (Å²) in [4.78, 5) is 43.7. The van der Waals surface area contributed by atoms with Crippen LogP contribution >= 0.6 is 46.4 Å². The molecule has 23 heteroatoms. The minimum atomic E-state index is -4.68. The topological polar surface area (TPSA) is 138 Å². The summed E-state index contributed by atoms with van der Waals surface area (Å²) in [6, 6.07) is 10.6. The number of carbonyl (C=O) groups excluding carboxylic acids is 3. The number of aromatic nitrogens is 4. The van der Waals surface area contributed by atoms with Gasteiger partial charge in [-0.25, -0.2) is 0 Å². The molecule has 4 heterocycles. The van der Waals surface area contributed by atoms with Crippen molar-refractivity contribution < 1.29 is 40.7 Å². The minimum Gasteiger partial charge on any atom is -0.397 e. The largest absolute Gasteiger partial charge is 0.436 e. The molecule has 2 saturated heterocycles. The summed E-state index contributed by atoms with van der Waals surface area (Å²) in [6.07, 6.45) is -9.35. The van der Waals surface area contributed by atoms with Gasteiger partial charge in [0.25, 0.3) is 0 Å². The van der Waals surface area contributed by atoms with Gasteiger partial charge in [-0.3, -0.25) is 23.7 Å². The Morgan fingerprint density at radius 2 is 1.05 bits per heavy atom. The van der Waals surface area contributed by atoms with Gasteiger partial charge in [-0.1, -0.05) is 46.4 Å². The van der Waals surface area contributed by atoms with Crippen molar-refractivity contribution in [3.8, 4) is 0 Å². The second-order valence-corrected chi connectivity index (χ2v) is 15.2. The van der Waals surface area contributed by atoms with Crippen molar-refractivity contribution in [1.29, 1.82) is 0 Å². The number of benzene rings is 2. The van der Waals surface area contributed by atoms with Crippen LogP contribution in [0.2, 0.25) is 20.1 Å². The zero-order valence-electron chi connectivity index (χ0n) is 31.7. The molecule has 0 unspecified atom stereocenters. The first-order valence-electron chi connectivity index (χ1n) is 17.8. The van der Waals surface area contributed by atoms with Crippen LogP contribution in [0.5, 0.6) is 0 Å². The smallest absolute Gasteiger partial charge is 0.397 e. The van der Waals surface area contributed by atoms with Crippen LogP contribution in [0.3, 0.4) is 0 Å². The Hall–Kier alpha value is -4.59. The van der Waals surface area contributed by atoms with Gasteiger partial charge in [0.15, 0.2) is 11.4 Å². The molecular weight excluding hydrogens is 876 g/mol. The van der Waals surface area contributed by atoms with E-state index in [4.69, 9.17) is 52.1 Å². The Labute approximate surface area is 354 Å². The number of anilines is 4. The summed E-state index contributed by atoms with van der Waals surface area (Å²) < 4.78 is 79.6. The highest BCUT2D eigenvalue weighted by atomic mass is 35.5. The van der Waals surface area contributed by atoms with Crippen LogP contribution in [0.15, 0.2) is 36.4 Å². The van der Waals surface area contributed by atoms with Crippen LogP contribution in [0.25, 0.3) is 0 Å². The summed E-state index contributed by atoms with van der Waals surface area (Å²) in [5.41, 5.74) is 6.37. The second-order valence-electron chi connectivity index (χ2n) is 13.6. The third-order valence-corrected chi connectivity index (χ3v) is 11.2. The maximum Gasteiger partial charge on any atom is 0.436 e. The first-order chi connectivity index (χ1) is 27.5. The fraction of sp³-hybridized carbons (Fsp3) is 0.417. The third kappa shape index (κ3) is 11.0. The van der Waals surface area contributed by atoms with E-state index in [0.717, 1.165) is 20.7 Å². The van der Waals surface area contributed by atoms with Crippen LogP contribution in [0, 0.1) is 13.8 Å². The average molecular weight is 915 g/mol. The Kier molecular flexibility index (Phi) is 14.2. The number of hydrogen-bond acceptors (Lipinski definition) is 8. The van der Waals surface area contributed by atoms with Crippen molar-refractivity contribution in [3.05, 3.63) is 79.3 Å². The Bertz CT molecular complexity index is 2200. The molecule has 4 aromatic rings. The fourth-order valence-corrected chi connectivity index (χ4v) is 7.09. The molecule has 2 fully saturated rings. The van der Waals surface area contributed by atoms with Crippen molar-refractivity contribution in [2.24, 2.45) is 0 Å². The van der Waals surface area contributed by atoms with Crippen LogP contribution in [0.1, 0.15) is 29.7 Å². The molecule has 0 atom stereocenters. The zero-order valence-corrected chi connectivity index (χ0v) is 34.7. The molecular formula is C36H38Cl4F6N10O3. The molecule has 3 amide bonds. The predicted molar refractivity (Wildman–Crippen MR) is 213 cm³/mol. The van der Waals surface area contributed by atoms with Crippen molar-refractivity contribution in [1.82, 2.24) is 29.4 Å². The maximum atomic E-state index is 13.0. The molecule has 2 aliphatic heterocycles. The van der Waals surface area contributed by atoms with E-state index in [2.05, 4.69) is 20.4 Å². The lowest BCUT2D eigenvalue weighted by atomic mass is 10.2. The fourth-order valence-electron chi connectivity index (χ4n) is 6.33. The van der Waals surface area contributed by atoms with Gasteiger partial charge in [-0.2, -0.15) is 36.5 Å². The Balaban J connectivity index is 0.000000225. The third-order valence-electron chi connectivity index (χ3n) is 9.61. The van der Waals surface area contributed by atoms with Gasteiger partial charge < -0.3 is 30.7 Å². The zero-order chi connectivity index (χ0) is 43.6. The number of amides is 3. The highest BCUT2D eigenvalue weighted by Crippen LogP contribution is 2.37. The van der Waals surface area contributed by atoms with Crippen molar-refractivity contribution in [2.45, 2.75) is 46.2 Å². The summed E-state index contributed by atoms with van der Waals surface area (Å²) in [6.45, 7) is 7.36. The molecule has 3 N–H and O–H groups in total. The van der Waals surface area contributed by atoms with Crippen LogP contribution < -0.4 is 20.9 Å². The Morgan fingerprint density at radius 1 is 0.661 bits per heavy atom. The molecule has 59 heavy (non-hydrogen) atoms. The number of nitrogen functional groups attached to an aromatic ring is 1. The highest BCUT2D eigenvalue weighted by molar-refractivity contribution is 6.34. The predicted octanol–water partition coefficient (Wildman–Crippen LogP) is 7.27. The van der Waals surface area contributed by atoms with Crippen molar-refractivity contribution >= 4 is 86.9 Å². The number of nitrogens with zero attached hydrogens (tertiary/aromatic N) is 8. The SMILES string of the molecule is CC(=O)Nc1cc(N2CCN(C(=O)Cn3nc(C(F)(F)F)c(Cl)c3C)CC2)ccc1Cl.Cc1c(Cl)c(C(F)(F)F)nn1CC(=O)N1CCN(c2ccc(Cl)c(N)c2)CC1.